The van der Waals surface area contributed by atoms with Crippen LogP contribution in [0.4, 0.5) is 11.4 Å². The van der Waals surface area contributed by atoms with E-state index in [0.29, 0.717) is 41.7 Å². The number of ether oxygens (including phenoxy) is 2. The van der Waals surface area contributed by atoms with Crippen LogP contribution in [0.15, 0.2) is 72.8 Å². The maximum absolute atomic E-state index is 13.0. The first-order valence-corrected chi connectivity index (χ1v) is 11.8. The van der Waals surface area contributed by atoms with E-state index in [4.69, 9.17) is 9.47 Å². The molecule has 0 saturated carbocycles. The van der Waals surface area contributed by atoms with Crippen molar-refractivity contribution in [1.82, 2.24) is 5.32 Å². The summed E-state index contributed by atoms with van der Waals surface area (Å²) in [5.41, 5.74) is 2.15. The molecular formula is C28H31N3O5. The van der Waals surface area contributed by atoms with Crippen LogP contribution < -0.4 is 25.4 Å². The van der Waals surface area contributed by atoms with Crippen LogP contribution >= 0.6 is 0 Å². The van der Waals surface area contributed by atoms with Crippen LogP contribution in [0.3, 0.4) is 0 Å². The molecule has 3 N–H and O–H groups in total. The highest BCUT2D eigenvalue weighted by Gasteiger charge is 2.20. The van der Waals surface area contributed by atoms with Gasteiger partial charge in [0.2, 0.25) is 11.8 Å². The molecule has 0 unspecified atom stereocenters. The molecule has 0 bridgehead atoms. The van der Waals surface area contributed by atoms with Crippen molar-refractivity contribution in [3.63, 3.8) is 0 Å². The third kappa shape index (κ3) is 7.33. The van der Waals surface area contributed by atoms with Crippen LogP contribution in [0, 0.1) is 0 Å². The lowest BCUT2D eigenvalue weighted by atomic mass is 10.0. The Morgan fingerprint density at radius 1 is 0.778 bits per heavy atom. The maximum atomic E-state index is 13.0. The van der Waals surface area contributed by atoms with Crippen molar-refractivity contribution in [2.45, 2.75) is 33.2 Å². The fourth-order valence-corrected chi connectivity index (χ4v) is 3.66. The molecule has 0 saturated heterocycles. The van der Waals surface area contributed by atoms with Crippen molar-refractivity contribution in [2.24, 2.45) is 0 Å². The van der Waals surface area contributed by atoms with Gasteiger partial charge in [0.05, 0.1) is 37.1 Å². The van der Waals surface area contributed by atoms with Crippen molar-refractivity contribution < 1.29 is 23.9 Å². The molecule has 0 spiro atoms. The SMILES string of the molecule is CCOc1cc(NC(=O)c2ccccc2)c(OCC)cc1NC(=O)C[C@@H](NC(C)=O)c1ccccc1. The molecule has 3 aromatic rings. The van der Waals surface area contributed by atoms with Gasteiger partial charge in [-0.15, -0.1) is 0 Å². The second-order valence-electron chi connectivity index (χ2n) is 7.95. The molecule has 0 aliphatic carbocycles. The van der Waals surface area contributed by atoms with Crippen molar-refractivity contribution >= 4 is 29.1 Å². The van der Waals surface area contributed by atoms with Gasteiger partial charge in [-0.3, -0.25) is 14.4 Å². The molecule has 0 aliphatic rings. The molecule has 0 aromatic heterocycles. The fraction of sp³-hybridized carbons (Fsp3) is 0.250. The number of nitrogens with one attached hydrogen (secondary N) is 3. The molecule has 0 fully saturated rings. The third-order valence-corrected chi connectivity index (χ3v) is 5.21. The smallest absolute Gasteiger partial charge is 0.255 e. The predicted octanol–water partition coefficient (Wildman–Crippen LogP) is 4.94. The Kier molecular flexibility index (Phi) is 9.45. The average Bonchev–Trinajstić information content (AvgIpc) is 2.87. The van der Waals surface area contributed by atoms with Gasteiger partial charge in [0, 0.05) is 24.6 Å². The minimum atomic E-state index is -0.491. The molecule has 0 radical (unpaired) electrons. The molecule has 0 aliphatic heterocycles. The van der Waals surface area contributed by atoms with Crippen molar-refractivity contribution in [1.29, 1.82) is 0 Å². The molecule has 188 valence electrons. The van der Waals surface area contributed by atoms with Crippen LogP contribution in [0.1, 0.15) is 49.2 Å². The van der Waals surface area contributed by atoms with Crippen LogP contribution in [0.2, 0.25) is 0 Å². The predicted molar refractivity (Wildman–Crippen MR) is 139 cm³/mol. The van der Waals surface area contributed by atoms with Gasteiger partial charge in [0.25, 0.3) is 5.91 Å². The van der Waals surface area contributed by atoms with Crippen LogP contribution in [-0.2, 0) is 9.59 Å². The van der Waals surface area contributed by atoms with Gasteiger partial charge in [0.1, 0.15) is 11.5 Å². The molecular weight excluding hydrogens is 458 g/mol. The Labute approximate surface area is 211 Å². The van der Waals surface area contributed by atoms with E-state index in [-0.39, 0.29) is 24.1 Å². The highest BCUT2D eigenvalue weighted by molar-refractivity contribution is 6.05. The molecule has 8 heteroatoms. The number of hydrogen-bond acceptors (Lipinski definition) is 5. The Morgan fingerprint density at radius 3 is 1.83 bits per heavy atom. The van der Waals surface area contributed by atoms with Crippen LogP contribution in [-0.4, -0.2) is 30.9 Å². The summed E-state index contributed by atoms with van der Waals surface area (Å²) in [6.07, 6.45) is 0.0195. The zero-order valence-corrected chi connectivity index (χ0v) is 20.7. The van der Waals surface area contributed by atoms with Gasteiger partial charge in [-0.05, 0) is 31.5 Å². The quantitative estimate of drug-likeness (QED) is 0.354. The number of amides is 3. The molecule has 3 amide bonds. The topological polar surface area (TPSA) is 106 Å². The summed E-state index contributed by atoms with van der Waals surface area (Å²) in [6, 6.07) is 20.9. The van der Waals surface area contributed by atoms with E-state index in [0.717, 1.165) is 5.56 Å². The van der Waals surface area contributed by atoms with E-state index in [2.05, 4.69) is 16.0 Å². The Hall–Kier alpha value is -4.33. The van der Waals surface area contributed by atoms with E-state index in [1.165, 1.54) is 6.92 Å². The lowest BCUT2D eigenvalue weighted by molar-refractivity contribution is -0.120. The summed E-state index contributed by atoms with van der Waals surface area (Å²) in [5, 5.41) is 8.56. The summed E-state index contributed by atoms with van der Waals surface area (Å²) >= 11 is 0. The first-order chi connectivity index (χ1) is 17.4. The van der Waals surface area contributed by atoms with E-state index in [1.54, 1.807) is 36.4 Å². The van der Waals surface area contributed by atoms with Crippen LogP contribution in [0.25, 0.3) is 0 Å². The van der Waals surface area contributed by atoms with Crippen molar-refractivity contribution in [3.8, 4) is 11.5 Å². The van der Waals surface area contributed by atoms with Gasteiger partial charge < -0.3 is 25.4 Å². The number of rotatable bonds is 11. The minimum Gasteiger partial charge on any atom is -0.492 e. The van der Waals surface area contributed by atoms with Gasteiger partial charge in [-0.1, -0.05) is 48.5 Å². The van der Waals surface area contributed by atoms with E-state index in [9.17, 15) is 14.4 Å². The molecule has 1 atom stereocenters. The first-order valence-electron chi connectivity index (χ1n) is 11.8. The standard InChI is InChI=1S/C28H31N3O5/c1-4-35-25-17-24(31-28(34)21-14-10-7-11-15-21)26(36-5-2)16-23(25)30-27(33)18-22(29-19(3)32)20-12-8-6-9-13-20/h6-17,22H,4-5,18H2,1-3H3,(H,29,32)(H,30,33)(H,31,34)/t22-/m1/s1. The second kappa shape index (κ2) is 12.9. The summed E-state index contributed by atoms with van der Waals surface area (Å²) in [4.78, 5) is 37.5. The highest BCUT2D eigenvalue weighted by Crippen LogP contribution is 2.37. The average molecular weight is 490 g/mol. The zero-order chi connectivity index (χ0) is 25.9. The summed E-state index contributed by atoms with van der Waals surface area (Å²) in [7, 11) is 0. The largest absolute Gasteiger partial charge is 0.492 e. The Morgan fingerprint density at radius 2 is 1.31 bits per heavy atom. The number of benzene rings is 3. The van der Waals surface area contributed by atoms with E-state index in [1.807, 2.05) is 50.2 Å². The fourth-order valence-electron chi connectivity index (χ4n) is 3.66. The summed E-state index contributed by atoms with van der Waals surface area (Å²) < 4.78 is 11.5. The number of carbonyl (C=O) groups excluding carboxylic acids is 3. The van der Waals surface area contributed by atoms with Gasteiger partial charge in [0.15, 0.2) is 0 Å². The van der Waals surface area contributed by atoms with Crippen LogP contribution in [0.5, 0.6) is 11.5 Å². The number of anilines is 2. The van der Waals surface area contributed by atoms with E-state index >= 15 is 0 Å². The highest BCUT2D eigenvalue weighted by atomic mass is 16.5. The zero-order valence-electron chi connectivity index (χ0n) is 20.7. The number of carbonyl (C=O) groups is 3. The molecule has 0 heterocycles. The first kappa shape index (κ1) is 26.3. The van der Waals surface area contributed by atoms with E-state index < -0.39 is 6.04 Å². The molecule has 3 rings (SSSR count). The second-order valence-corrected chi connectivity index (χ2v) is 7.95. The third-order valence-electron chi connectivity index (χ3n) is 5.21. The monoisotopic (exact) mass is 489 g/mol. The van der Waals surface area contributed by atoms with Gasteiger partial charge in [-0.2, -0.15) is 0 Å². The molecule has 3 aromatic carbocycles. The maximum Gasteiger partial charge on any atom is 0.255 e. The number of hydrogen-bond donors (Lipinski definition) is 3. The van der Waals surface area contributed by atoms with Gasteiger partial charge in [-0.25, -0.2) is 0 Å². The Balaban J connectivity index is 1.85. The van der Waals surface area contributed by atoms with Crippen molar-refractivity contribution in [3.05, 3.63) is 83.9 Å². The summed E-state index contributed by atoms with van der Waals surface area (Å²) in [5.74, 6) is -0.0712. The molecule has 36 heavy (non-hydrogen) atoms. The van der Waals surface area contributed by atoms with Crippen molar-refractivity contribution in [2.75, 3.05) is 23.8 Å². The molecule has 8 nitrogen and oxygen atoms in total. The normalized spacial score (nSPS) is 11.2. The summed E-state index contributed by atoms with van der Waals surface area (Å²) in [6.45, 7) is 5.77. The lowest BCUT2D eigenvalue weighted by Crippen LogP contribution is -2.29. The van der Waals surface area contributed by atoms with Gasteiger partial charge >= 0.3 is 0 Å². The lowest BCUT2D eigenvalue weighted by Gasteiger charge is -2.20. The minimum absolute atomic E-state index is 0.0195. The Bertz CT molecular complexity index is 1180.